The van der Waals surface area contributed by atoms with Gasteiger partial charge >= 0.3 is 0 Å². The summed E-state index contributed by atoms with van der Waals surface area (Å²) in [5.41, 5.74) is 0.588. The monoisotopic (exact) mass is 258 g/mol. The van der Waals surface area contributed by atoms with Gasteiger partial charge < -0.3 is 9.52 Å². The van der Waals surface area contributed by atoms with Crippen LogP contribution in [0.4, 0.5) is 0 Å². The Morgan fingerprint density at radius 2 is 2.06 bits per heavy atom. The number of nitrogens with zero attached hydrogens (tertiary/aromatic N) is 2. The number of hydrogen-bond donors (Lipinski definition) is 1. The van der Waals surface area contributed by atoms with E-state index in [0.717, 1.165) is 0 Å². The van der Waals surface area contributed by atoms with Crippen LogP contribution in [0.2, 0.25) is 10.0 Å². The Balaban J connectivity index is 2.42. The van der Waals surface area contributed by atoms with Gasteiger partial charge in [0.15, 0.2) is 0 Å². The van der Waals surface area contributed by atoms with Crippen LogP contribution in [0.3, 0.4) is 0 Å². The maximum atomic E-state index is 9.25. The van der Waals surface area contributed by atoms with Gasteiger partial charge in [-0.25, -0.2) is 0 Å². The molecule has 2 rings (SSSR count). The van der Waals surface area contributed by atoms with Crippen molar-refractivity contribution in [2.24, 2.45) is 0 Å². The summed E-state index contributed by atoms with van der Waals surface area (Å²) >= 11 is 11.7. The van der Waals surface area contributed by atoms with Crippen molar-refractivity contribution >= 4 is 23.2 Å². The number of aliphatic hydroxyl groups is 1. The molecule has 0 amide bonds. The molecule has 0 aliphatic heterocycles. The predicted molar refractivity (Wildman–Crippen MR) is 60.4 cm³/mol. The molecule has 1 N–H and O–H groups in total. The van der Waals surface area contributed by atoms with Crippen LogP contribution < -0.4 is 0 Å². The van der Waals surface area contributed by atoms with Crippen molar-refractivity contribution in [2.75, 3.05) is 0 Å². The van der Waals surface area contributed by atoms with Crippen molar-refractivity contribution in [2.45, 2.75) is 13.0 Å². The SMILES string of the molecule is CC(O)c1nnc(-c2ccc(Cl)cc2Cl)o1. The topological polar surface area (TPSA) is 59.2 Å². The lowest BCUT2D eigenvalue weighted by Crippen LogP contribution is -1.89. The summed E-state index contributed by atoms with van der Waals surface area (Å²) in [5.74, 6) is 0.415. The molecule has 1 aromatic carbocycles. The quantitative estimate of drug-likeness (QED) is 0.900. The Morgan fingerprint density at radius 3 is 2.62 bits per heavy atom. The smallest absolute Gasteiger partial charge is 0.249 e. The van der Waals surface area contributed by atoms with Crippen LogP contribution in [0.15, 0.2) is 22.6 Å². The van der Waals surface area contributed by atoms with Crippen LogP contribution in [0, 0.1) is 0 Å². The van der Waals surface area contributed by atoms with Crippen molar-refractivity contribution < 1.29 is 9.52 Å². The van der Waals surface area contributed by atoms with Gasteiger partial charge in [-0.3, -0.25) is 0 Å². The van der Waals surface area contributed by atoms with Crippen LogP contribution >= 0.6 is 23.2 Å². The number of rotatable bonds is 2. The molecule has 0 aliphatic carbocycles. The third-order valence-corrected chi connectivity index (χ3v) is 2.51. The molecule has 1 atom stereocenters. The van der Waals surface area contributed by atoms with Gasteiger partial charge in [0.1, 0.15) is 6.10 Å². The van der Waals surface area contributed by atoms with Crippen LogP contribution in [-0.2, 0) is 0 Å². The fourth-order valence-electron chi connectivity index (χ4n) is 1.18. The molecule has 0 bridgehead atoms. The molecule has 1 unspecified atom stereocenters. The normalized spacial score (nSPS) is 12.8. The van der Waals surface area contributed by atoms with E-state index in [1.165, 1.54) is 0 Å². The predicted octanol–water partition coefficient (Wildman–Crippen LogP) is 3.10. The van der Waals surface area contributed by atoms with Gasteiger partial charge in [0.05, 0.1) is 10.6 Å². The van der Waals surface area contributed by atoms with Gasteiger partial charge in [0, 0.05) is 5.02 Å². The molecule has 0 radical (unpaired) electrons. The lowest BCUT2D eigenvalue weighted by atomic mass is 10.2. The van der Waals surface area contributed by atoms with E-state index in [4.69, 9.17) is 27.6 Å². The van der Waals surface area contributed by atoms with E-state index in [0.29, 0.717) is 15.6 Å². The van der Waals surface area contributed by atoms with E-state index < -0.39 is 6.10 Å². The second-order valence-electron chi connectivity index (χ2n) is 3.25. The lowest BCUT2D eigenvalue weighted by Gasteiger charge is -1.99. The van der Waals surface area contributed by atoms with Gasteiger partial charge in [-0.15, -0.1) is 10.2 Å². The highest BCUT2D eigenvalue weighted by atomic mass is 35.5. The third-order valence-electron chi connectivity index (χ3n) is 1.96. The molecule has 0 saturated carbocycles. The molecule has 84 valence electrons. The molecule has 2 aromatic rings. The third kappa shape index (κ3) is 2.19. The largest absolute Gasteiger partial charge is 0.418 e. The summed E-state index contributed by atoms with van der Waals surface area (Å²) in [6.45, 7) is 1.54. The molecule has 0 saturated heterocycles. The zero-order valence-electron chi connectivity index (χ0n) is 8.32. The minimum absolute atomic E-state index is 0.154. The minimum atomic E-state index is -0.799. The Morgan fingerprint density at radius 1 is 1.31 bits per heavy atom. The zero-order chi connectivity index (χ0) is 11.7. The molecule has 1 heterocycles. The molecule has 6 heteroatoms. The highest BCUT2D eigenvalue weighted by molar-refractivity contribution is 6.36. The Bertz CT molecular complexity index is 511. The molecule has 0 spiro atoms. The highest BCUT2D eigenvalue weighted by Crippen LogP contribution is 2.29. The summed E-state index contributed by atoms with van der Waals surface area (Å²) < 4.78 is 5.25. The molecular weight excluding hydrogens is 251 g/mol. The van der Waals surface area contributed by atoms with Gasteiger partial charge in [0.25, 0.3) is 0 Å². The Hall–Kier alpha value is -1.10. The van der Waals surface area contributed by atoms with Gasteiger partial charge in [0.2, 0.25) is 11.8 Å². The molecule has 1 aromatic heterocycles. The van der Waals surface area contributed by atoms with Crippen LogP contribution in [0.5, 0.6) is 0 Å². The summed E-state index contributed by atoms with van der Waals surface area (Å²) in [6, 6.07) is 4.95. The number of hydrogen-bond acceptors (Lipinski definition) is 4. The van der Waals surface area contributed by atoms with E-state index in [1.54, 1.807) is 25.1 Å². The fourth-order valence-corrected chi connectivity index (χ4v) is 1.66. The first-order valence-electron chi connectivity index (χ1n) is 4.55. The van der Waals surface area contributed by atoms with Crippen molar-refractivity contribution in [3.05, 3.63) is 34.1 Å². The van der Waals surface area contributed by atoms with E-state index >= 15 is 0 Å². The van der Waals surface area contributed by atoms with Crippen LogP contribution in [-0.4, -0.2) is 15.3 Å². The molecule has 0 fully saturated rings. The Labute approximate surface area is 102 Å². The van der Waals surface area contributed by atoms with Gasteiger partial charge in [-0.2, -0.15) is 0 Å². The number of aliphatic hydroxyl groups excluding tert-OH is 1. The second-order valence-corrected chi connectivity index (χ2v) is 4.09. The van der Waals surface area contributed by atoms with E-state index in [1.807, 2.05) is 0 Å². The standard InChI is InChI=1S/C10H8Cl2N2O2/c1-5(15)9-13-14-10(16-9)7-3-2-6(11)4-8(7)12/h2-5,15H,1H3. The number of halogens is 2. The average molecular weight is 259 g/mol. The first-order chi connectivity index (χ1) is 7.58. The minimum Gasteiger partial charge on any atom is -0.418 e. The van der Waals surface area contributed by atoms with E-state index in [-0.39, 0.29) is 11.8 Å². The maximum Gasteiger partial charge on any atom is 0.249 e. The first-order valence-corrected chi connectivity index (χ1v) is 5.30. The van der Waals surface area contributed by atoms with Crippen LogP contribution in [0.1, 0.15) is 18.9 Å². The van der Waals surface area contributed by atoms with Crippen molar-refractivity contribution in [3.63, 3.8) is 0 Å². The Kier molecular flexibility index (Phi) is 3.14. The maximum absolute atomic E-state index is 9.25. The van der Waals surface area contributed by atoms with Crippen molar-refractivity contribution in [1.82, 2.24) is 10.2 Å². The molecule has 0 aliphatic rings. The molecule has 16 heavy (non-hydrogen) atoms. The second kappa shape index (κ2) is 4.41. The highest BCUT2D eigenvalue weighted by Gasteiger charge is 2.14. The summed E-state index contributed by atoms with van der Waals surface area (Å²) in [5, 5.41) is 17.7. The van der Waals surface area contributed by atoms with E-state index in [9.17, 15) is 5.11 Å². The lowest BCUT2D eigenvalue weighted by molar-refractivity contribution is 0.163. The summed E-state index contributed by atoms with van der Waals surface area (Å²) in [4.78, 5) is 0. The summed E-state index contributed by atoms with van der Waals surface area (Å²) in [6.07, 6.45) is -0.799. The first kappa shape index (κ1) is 11.4. The number of benzene rings is 1. The molecular formula is C10H8Cl2N2O2. The molecule has 4 nitrogen and oxygen atoms in total. The number of aromatic nitrogens is 2. The fraction of sp³-hybridized carbons (Fsp3) is 0.200. The van der Waals surface area contributed by atoms with Gasteiger partial charge in [-0.05, 0) is 25.1 Å². The summed E-state index contributed by atoms with van der Waals surface area (Å²) in [7, 11) is 0. The van der Waals surface area contributed by atoms with E-state index in [2.05, 4.69) is 10.2 Å². The van der Waals surface area contributed by atoms with Gasteiger partial charge in [-0.1, -0.05) is 23.2 Å². The average Bonchev–Trinajstić information content (AvgIpc) is 2.66. The van der Waals surface area contributed by atoms with Crippen molar-refractivity contribution in [3.8, 4) is 11.5 Å². The van der Waals surface area contributed by atoms with Crippen LogP contribution in [0.25, 0.3) is 11.5 Å². The van der Waals surface area contributed by atoms with Crippen molar-refractivity contribution in [1.29, 1.82) is 0 Å². The zero-order valence-corrected chi connectivity index (χ0v) is 9.83.